The highest BCUT2D eigenvalue weighted by atomic mass is 19.1. The van der Waals surface area contributed by atoms with Crippen LogP contribution in [0.2, 0.25) is 0 Å². The van der Waals surface area contributed by atoms with E-state index in [1.54, 1.807) is 30.3 Å². The maximum absolute atomic E-state index is 13.7. The number of carbonyl (C=O) groups is 2. The second-order valence-corrected chi connectivity index (χ2v) is 9.95. The first-order chi connectivity index (χ1) is 17.0. The molecule has 5 nitrogen and oxygen atoms in total. The molecule has 1 aliphatic heterocycles. The number of anilines is 1. The third kappa shape index (κ3) is 4.63. The van der Waals surface area contributed by atoms with Crippen LogP contribution < -0.4 is 9.64 Å². The van der Waals surface area contributed by atoms with Crippen molar-refractivity contribution in [2.24, 2.45) is 0 Å². The predicted octanol–water partition coefficient (Wildman–Crippen LogP) is 6.46. The number of aryl methyl sites for hydroxylation is 1. The van der Waals surface area contributed by atoms with E-state index in [0.717, 1.165) is 11.1 Å². The molecule has 1 saturated heterocycles. The Bertz CT molecular complexity index is 1330. The fraction of sp³-hybridized carbons (Fsp3) is 0.267. The van der Waals surface area contributed by atoms with Crippen LogP contribution in [-0.4, -0.2) is 23.4 Å². The van der Waals surface area contributed by atoms with E-state index in [1.807, 2.05) is 46.8 Å². The minimum absolute atomic E-state index is 0.0452. The van der Waals surface area contributed by atoms with E-state index >= 15 is 0 Å². The lowest BCUT2D eigenvalue weighted by atomic mass is 9.84. The number of aliphatic hydroxyl groups excluding tert-OH is 1. The number of carbonyl (C=O) groups excluding carboxylic acids is 2. The molecule has 1 unspecified atom stereocenters. The van der Waals surface area contributed by atoms with E-state index in [9.17, 15) is 19.1 Å². The normalized spacial score (nSPS) is 17.5. The predicted molar refractivity (Wildman–Crippen MR) is 139 cm³/mol. The van der Waals surface area contributed by atoms with Crippen molar-refractivity contribution in [2.75, 3.05) is 11.5 Å². The molecule has 3 aromatic rings. The van der Waals surface area contributed by atoms with Gasteiger partial charge in [-0.2, -0.15) is 0 Å². The van der Waals surface area contributed by atoms with E-state index in [4.69, 9.17) is 4.74 Å². The van der Waals surface area contributed by atoms with Crippen molar-refractivity contribution in [3.63, 3.8) is 0 Å². The molecule has 1 N–H and O–H groups in total. The lowest BCUT2D eigenvalue weighted by Gasteiger charge is -2.26. The lowest BCUT2D eigenvalue weighted by Crippen LogP contribution is -2.29. The van der Waals surface area contributed by atoms with Crippen LogP contribution in [0.25, 0.3) is 5.76 Å². The third-order valence-electron chi connectivity index (χ3n) is 6.30. The minimum Gasteiger partial charge on any atom is -0.507 e. The molecule has 0 spiro atoms. The Labute approximate surface area is 210 Å². The van der Waals surface area contributed by atoms with Gasteiger partial charge in [-0.3, -0.25) is 14.5 Å². The first-order valence-electron chi connectivity index (χ1n) is 11.9. The zero-order valence-electron chi connectivity index (χ0n) is 21.1. The first-order valence-corrected chi connectivity index (χ1v) is 11.9. The highest BCUT2D eigenvalue weighted by Crippen LogP contribution is 2.43. The van der Waals surface area contributed by atoms with Crippen molar-refractivity contribution in [1.29, 1.82) is 0 Å². The van der Waals surface area contributed by atoms with E-state index in [2.05, 4.69) is 0 Å². The lowest BCUT2D eigenvalue weighted by molar-refractivity contribution is -0.132. The Hall–Kier alpha value is -3.93. The zero-order chi connectivity index (χ0) is 26.2. The molecule has 1 amide bonds. The summed E-state index contributed by atoms with van der Waals surface area (Å²) in [6.45, 7) is 10.4. The van der Waals surface area contributed by atoms with Crippen LogP contribution >= 0.6 is 0 Å². The van der Waals surface area contributed by atoms with Gasteiger partial charge in [0, 0.05) is 16.8 Å². The molecule has 1 fully saturated rings. The average Bonchev–Trinajstić information content (AvgIpc) is 3.10. The molecule has 0 bridgehead atoms. The van der Waals surface area contributed by atoms with Gasteiger partial charge in [-0.25, -0.2) is 4.39 Å². The fourth-order valence-electron chi connectivity index (χ4n) is 4.46. The largest absolute Gasteiger partial charge is 0.507 e. The van der Waals surface area contributed by atoms with Crippen molar-refractivity contribution >= 4 is 23.1 Å². The number of ether oxygens (including phenoxy) is 1. The van der Waals surface area contributed by atoms with Gasteiger partial charge < -0.3 is 9.84 Å². The topological polar surface area (TPSA) is 66.8 Å². The molecule has 0 saturated carbocycles. The van der Waals surface area contributed by atoms with Gasteiger partial charge >= 0.3 is 0 Å². The summed E-state index contributed by atoms with van der Waals surface area (Å²) < 4.78 is 19.5. The highest BCUT2D eigenvalue weighted by Gasteiger charge is 2.47. The van der Waals surface area contributed by atoms with Crippen molar-refractivity contribution in [3.8, 4) is 5.75 Å². The number of rotatable bonds is 5. The van der Waals surface area contributed by atoms with Gasteiger partial charge in [0.05, 0.1) is 18.2 Å². The van der Waals surface area contributed by atoms with Gasteiger partial charge in [0.25, 0.3) is 11.7 Å². The second kappa shape index (κ2) is 9.61. The summed E-state index contributed by atoms with van der Waals surface area (Å²) >= 11 is 0. The minimum atomic E-state index is -0.919. The zero-order valence-corrected chi connectivity index (χ0v) is 21.1. The van der Waals surface area contributed by atoms with E-state index in [0.29, 0.717) is 29.2 Å². The Morgan fingerprint density at radius 3 is 2.22 bits per heavy atom. The number of aliphatic hydroxyl groups is 1. The summed E-state index contributed by atoms with van der Waals surface area (Å²) in [7, 11) is 0. The summed E-state index contributed by atoms with van der Waals surface area (Å²) in [5.41, 5.74) is 2.94. The molecule has 1 aliphatic rings. The molecule has 4 rings (SSSR count). The number of nitrogens with zero attached hydrogens (tertiary/aromatic N) is 1. The van der Waals surface area contributed by atoms with Crippen LogP contribution in [0.1, 0.15) is 56.0 Å². The molecule has 186 valence electrons. The Kier molecular flexibility index (Phi) is 6.72. The molecule has 6 heteroatoms. The number of halogens is 1. The summed E-state index contributed by atoms with van der Waals surface area (Å²) in [5, 5.41) is 11.5. The van der Waals surface area contributed by atoms with Crippen molar-refractivity contribution in [3.05, 3.63) is 100 Å². The van der Waals surface area contributed by atoms with Crippen LogP contribution in [0.3, 0.4) is 0 Å². The van der Waals surface area contributed by atoms with Crippen LogP contribution in [-0.2, 0) is 15.0 Å². The number of amides is 1. The van der Waals surface area contributed by atoms with Crippen molar-refractivity contribution in [2.45, 2.75) is 46.1 Å². The quantitative estimate of drug-likeness (QED) is 0.255. The first kappa shape index (κ1) is 25.2. The standard InChI is InChI=1S/C30H30FNO4/c1-6-36-24-16-11-20(17-23(24)30(3,4)5)27(33)25-26(19-9-12-21(31)13-10-19)32(29(35)28(25)34)22-14-7-18(2)8-15-22/h7-17,26,33H,6H2,1-5H3/b27-25-. The van der Waals surface area contributed by atoms with E-state index in [-0.39, 0.29) is 16.7 Å². The van der Waals surface area contributed by atoms with E-state index in [1.165, 1.54) is 29.2 Å². The van der Waals surface area contributed by atoms with Gasteiger partial charge in [-0.15, -0.1) is 0 Å². The van der Waals surface area contributed by atoms with Crippen molar-refractivity contribution in [1.82, 2.24) is 0 Å². The second-order valence-electron chi connectivity index (χ2n) is 9.95. The Morgan fingerprint density at radius 1 is 1.00 bits per heavy atom. The molecule has 1 atom stereocenters. The Morgan fingerprint density at radius 2 is 1.64 bits per heavy atom. The van der Waals surface area contributed by atoms with Gasteiger partial charge in [0.2, 0.25) is 0 Å². The molecule has 0 aliphatic carbocycles. The average molecular weight is 488 g/mol. The maximum Gasteiger partial charge on any atom is 0.300 e. The molecule has 36 heavy (non-hydrogen) atoms. The molecular weight excluding hydrogens is 457 g/mol. The summed E-state index contributed by atoms with van der Waals surface area (Å²) in [6.07, 6.45) is 0. The van der Waals surface area contributed by atoms with Crippen molar-refractivity contribution < 1.29 is 23.8 Å². The molecule has 1 heterocycles. The fourth-order valence-corrected chi connectivity index (χ4v) is 4.46. The van der Waals surface area contributed by atoms with Crippen LogP contribution in [0.4, 0.5) is 10.1 Å². The molecule has 0 aromatic heterocycles. The number of ketones is 1. The number of Topliss-reactive ketones (excluding diaryl/α,β-unsaturated/α-hetero) is 1. The van der Waals surface area contributed by atoms with Crippen LogP contribution in [0, 0.1) is 12.7 Å². The van der Waals surface area contributed by atoms with Gasteiger partial charge in [-0.05, 0) is 67.3 Å². The van der Waals surface area contributed by atoms with Crippen LogP contribution in [0.15, 0.2) is 72.3 Å². The summed E-state index contributed by atoms with van der Waals surface area (Å²) in [4.78, 5) is 28.0. The van der Waals surface area contributed by atoms with Gasteiger partial charge in [-0.1, -0.05) is 50.6 Å². The molecule has 3 aromatic carbocycles. The van der Waals surface area contributed by atoms with Crippen LogP contribution in [0.5, 0.6) is 5.75 Å². The maximum atomic E-state index is 13.7. The Balaban J connectivity index is 1.94. The SMILES string of the molecule is CCOc1ccc(/C(O)=C2/C(=O)C(=O)N(c3ccc(C)cc3)C2c2ccc(F)cc2)cc1C(C)(C)C. The monoisotopic (exact) mass is 487 g/mol. The van der Waals surface area contributed by atoms with Gasteiger partial charge in [0.1, 0.15) is 17.3 Å². The number of benzene rings is 3. The van der Waals surface area contributed by atoms with E-state index < -0.39 is 23.5 Å². The van der Waals surface area contributed by atoms with Gasteiger partial charge in [0.15, 0.2) is 0 Å². The number of hydrogen-bond donors (Lipinski definition) is 1. The molecule has 0 radical (unpaired) electrons. The number of hydrogen-bond acceptors (Lipinski definition) is 4. The smallest absolute Gasteiger partial charge is 0.300 e. The third-order valence-corrected chi connectivity index (χ3v) is 6.30. The summed E-state index contributed by atoms with van der Waals surface area (Å²) in [6, 6.07) is 17.1. The highest BCUT2D eigenvalue weighted by molar-refractivity contribution is 6.51. The summed E-state index contributed by atoms with van der Waals surface area (Å²) in [5.74, 6) is -1.58. The molecular formula is C30H30FNO4.